The molecule has 0 bridgehead atoms. The van der Waals surface area contributed by atoms with Crippen molar-refractivity contribution in [2.24, 2.45) is 11.3 Å². The molecule has 1 unspecified atom stereocenters. The standard InChI is InChI=1S/C15H22O/c1-11(2)6-9-14(16)15(4,5)10-13-8-7-12(13)3/h6-7,9,13H,1,8,10H2,2-5H3/b9-6+. The predicted molar refractivity (Wildman–Crippen MR) is 69.2 cm³/mol. The summed E-state index contributed by atoms with van der Waals surface area (Å²) in [7, 11) is 0. The van der Waals surface area contributed by atoms with Crippen molar-refractivity contribution in [2.75, 3.05) is 0 Å². The molecule has 0 aliphatic heterocycles. The van der Waals surface area contributed by atoms with Gasteiger partial charge in [-0.1, -0.05) is 43.7 Å². The first-order chi connectivity index (χ1) is 7.33. The van der Waals surface area contributed by atoms with Gasteiger partial charge < -0.3 is 0 Å². The molecule has 0 amide bonds. The second-order valence-corrected chi connectivity index (χ2v) is 5.51. The molecule has 0 aromatic rings. The summed E-state index contributed by atoms with van der Waals surface area (Å²) in [6, 6.07) is 0. The largest absolute Gasteiger partial charge is 0.294 e. The summed E-state index contributed by atoms with van der Waals surface area (Å²) < 4.78 is 0. The van der Waals surface area contributed by atoms with Crippen LogP contribution >= 0.6 is 0 Å². The van der Waals surface area contributed by atoms with E-state index in [0.29, 0.717) is 5.92 Å². The van der Waals surface area contributed by atoms with Gasteiger partial charge in [0.15, 0.2) is 5.78 Å². The van der Waals surface area contributed by atoms with E-state index >= 15 is 0 Å². The van der Waals surface area contributed by atoms with E-state index in [-0.39, 0.29) is 11.2 Å². The van der Waals surface area contributed by atoms with Gasteiger partial charge in [-0.15, -0.1) is 0 Å². The number of ketones is 1. The van der Waals surface area contributed by atoms with Crippen LogP contribution in [-0.4, -0.2) is 5.78 Å². The van der Waals surface area contributed by atoms with Crippen molar-refractivity contribution in [1.29, 1.82) is 0 Å². The Kier molecular flexibility index (Phi) is 3.90. The zero-order valence-corrected chi connectivity index (χ0v) is 10.8. The third-order valence-electron chi connectivity index (χ3n) is 3.31. The molecule has 1 nitrogen and oxygen atoms in total. The molecule has 0 saturated carbocycles. The van der Waals surface area contributed by atoms with Crippen molar-refractivity contribution in [2.45, 2.75) is 40.5 Å². The third kappa shape index (κ3) is 3.19. The van der Waals surface area contributed by atoms with Crippen LogP contribution < -0.4 is 0 Å². The van der Waals surface area contributed by atoms with Crippen LogP contribution in [0.1, 0.15) is 40.5 Å². The topological polar surface area (TPSA) is 17.1 Å². The second kappa shape index (κ2) is 4.82. The van der Waals surface area contributed by atoms with E-state index in [0.717, 1.165) is 18.4 Å². The Morgan fingerprint density at radius 3 is 2.56 bits per heavy atom. The van der Waals surface area contributed by atoms with Gasteiger partial charge in [-0.05, 0) is 38.7 Å². The minimum atomic E-state index is -0.258. The summed E-state index contributed by atoms with van der Waals surface area (Å²) in [4.78, 5) is 12.0. The highest BCUT2D eigenvalue weighted by Gasteiger charge is 2.31. The number of hydrogen-bond donors (Lipinski definition) is 0. The molecule has 0 saturated heterocycles. The van der Waals surface area contributed by atoms with Crippen LogP contribution in [0.25, 0.3) is 0 Å². The van der Waals surface area contributed by atoms with E-state index in [2.05, 4.69) is 19.6 Å². The Morgan fingerprint density at radius 1 is 1.56 bits per heavy atom. The Labute approximate surface area is 98.9 Å². The Morgan fingerprint density at radius 2 is 2.19 bits per heavy atom. The molecule has 1 heteroatoms. The van der Waals surface area contributed by atoms with Crippen molar-refractivity contribution in [3.63, 3.8) is 0 Å². The molecule has 1 rings (SSSR count). The molecular weight excluding hydrogens is 196 g/mol. The maximum atomic E-state index is 12.0. The van der Waals surface area contributed by atoms with E-state index in [9.17, 15) is 4.79 Å². The molecule has 1 atom stereocenters. The maximum Gasteiger partial charge on any atom is 0.161 e. The maximum absolute atomic E-state index is 12.0. The highest BCUT2D eigenvalue weighted by Crippen LogP contribution is 2.37. The fourth-order valence-electron chi connectivity index (χ4n) is 1.92. The lowest BCUT2D eigenvalue weighted by Gasteiger charge is -2.32. The van der Waals surface area contributed by atoms with Crippen LogP contribution in [0.2, 0.25) is 0 Å². The van der Waals surface area contributed by atoms with Gasteiger partial charge in [0.25, 0.3) is 0 Å². The Bertz CT molecular complexity index is 356. The summed E-state index contributed by atoms with van der Waals surface area (Å²) in [5.74, 6) is 0.812. The SMILES string of the molecule is C=C(C)/C=C/C(=O)C(C)(C)CC1CC=C1C. The number of carbonyl (C=O) groups excluding carboxylic acids is 1. The van der Waals surface area contributed by atoms with Gasteiger partial charge in [-0.25, -0.2) is 0 Å². The Balaban J connectivity index is 2.59. The molecule has 0 N–H and O–H groups in total. The van der Waals surface area contributed by atoms with Crippen molar-refractivity contribution < 1.29 is 4.79 Å². The fourth-order valence-corrected chi connectivity index (χ4v) is 1.92. The molecule has 16 heavy (non-hydrogen) atoms. The summed E-state index contributed by atoms with van der Waals surface area (Å²) >= 11 is 0. The first-order valence-electron chi connectivity index (χ1n) is 5.87. The van der Waals surface area contributed by atoms with Crippen molar-refractivity contribution in [3.05, 3.63) is 36.0 Å². The average molecular weight is 218 g/mol. The molecular formula is C15H22O. The number of hydrogen-bond acceptors (Lipinski definition) is 1. The lowest BCUT2D eigenvalue weighted by atomic mass is 9.72. The smallest absolute Gasteiger partial charge is 0.161 e. The monoisotopic (exact) mass is 218 g/mol. The molecule has 0 spiro atoms. The molecule has 0 aromatic carbocycles. The summed E-state index contributed by atoms with van der Waals surface area (Å²) in [6.07, 6.45) is 7.80. The highest BCUT2D eigenvalue weighted by atomic mass is 16.1. The first-order valence-corrected chi connectivity index (χ1v) is 5.87. The van der Waals surface area contributed by atoms with Gasteiger partial charge in [-0.2, -0.15) is 0 Å². The fraction of sp³-hybridized carbons (Fsp3) is 0.533. The van der Waals surface area contributed by atoms with Crippen molar-refractivity contribution >= 4 is 5.78 Å². The van der Waals surface area contributed by atoms with Crippen LogP contribution in [0.3, 0.4) is 0 Å². The minimum Gasteiger partial charge on any atom is -0.294 e. The van der Waals surface area contributed by atoms with Crippen LogP contribution in [-0.2, 0) is 4.79 Å². The van der Waals surface area contributed by atoms with Gasteiger partial charge >= 0.3 is 0 Å². The molecule has 1 aliphatic carbocycles. The molecule has 0 fully saturated rings. The van der Waals surface area contributed by atoms with Crippen LogP contribution in [0.5, 0.6) is 0 Å². The van der Waals surface area contributed by atoms with Gasteiger partial charge in [0.1, 0.15) is 0 Å². The molecule has 88 valence electrons. The molecule has 0 aromatic heterocycles. The van der Waals surface area contributed by atoms with Gasteiger partial charge in [0, 0.05) is 5.41 Å². The van der Waals surface area contributed by atoms with Gasteiger partial charge in [0.2, 0.25) is 0 Å². The highest BCUT2D eigenvalue weighted by molar-refractivity contribution is 5.94. The third-order valence-corrected chi connectivity index (χ3v) is 3.31. The van der Waals surface area contributed by atoms with Crippen molar-refractivity contribution in [3.8, 4) is 0 Å². The average Bonchev–Trinajstić information content (AvgIpc) is 2.20. The van der Waals surface area contributed by atoms with Crippen molar-refractivity contribution in [1.82, 2.24) is 0 Å². The lowest BCUT2D eigenvalue weighted by Crippen LogP contribution is -2.28. The Hall–Kier alpha value is -1.11. The summed E-state index contributed by atoms with van der Waals surface area (Å²) in [6.45, 7) is 11.9. The number of carbonyl (C=O) groups is 1. The zero-order chi connectivity index (χ0) is 12.3. The van der Waals surface area contributed by atoms with E-state index in [4.69, 9.17) is 0 Å². The number of rotatable bonds is 5. The summed E-state index contributed by atoms with van der Waals surface area (Å²) in [5, 5.41) is 0. The van der Waals surface area contributed by atoms with E-state index in [1.807, 2.05) is 20.8 Å². The first kappa shape index (κ1) is 13.0. The van der Waals surface area contributed by atoms with Gasteiger partial charge in [0.05, 0.1) is 0 Å². The van der Waals surface area contributed by atoms with Crippen LogP contribution in [0.4, 0.5) is 0 Å². The van der Waals surface area contributed by atoms with E-state index in [1.165, 1.54) is 5.57 Å². The summed E-state index contributed by atoms with van der Waals surface area (Å²) in [5.41, 5.74) is 2.10. The quantitative estimate of drug-likeness (QED) is 0.386. The lowest BCUT2D eigenvalue weighted by molar-refractivity contribution is -0.122. The normalized spacial score (nSPS) is 20.5. The molecule has 0 radical (unpaired) electrons. The minimum absolute atomic E-state index is 0.204. The van der Waals surface area contributed by atoms with Gasteiger partial charge in [-0.3, -0.25) is 4.79 Å². The van der Waals surface area contributed by atoms with E-state index < -0.39 is 0 Å². The second-order valence-electron chi connectivity index (χ2n) is 5.51. The molecule has 0 heterocycles. The van der Waals surface area contributed by atoms with Crippen LogP contribution in [0.15, 0.2) is 36.0 Å². The molecule has 1 aliphatic rings. The predicted octanol–water partition coefficient (Wildman–Crippen LogP) is 4.07. The number of allylic oxidation sites excluding steroid dienone is 5. The van der Waals surface area contributed by atoms with E-state index in [1.54, 1.807) is 12.2 Å². The zero-order valence-electron chi connectivity index (χ0n) is 10.8. The van der Waals surface area contributed by atoms with Crippen LogP contribution in [0, 0.1) is 11.3 Å².